The largest absolute Gasteiger partial charge is 0.497 e. The summed E-state index contributed by atoms with van der Waals surface area (Å²) in [4.78, 5) is 14.5. The van der Waals surface area contributed by atoms with Crippen LogP contribution in [0.2, 0.25) is 5.02 Å². The second-order valence-corrected chi connectivity index (χ2v) is 12.3. The first-order valence-corrected chi connectivity index (χ1v) is 13.9. The summed E-state index contributed by atoms with van der Waals surface area (Å²) in [5, 5.41) is 15.8. The number of nitrogens with one attached hydrogen (secondary N) is 1. The van der Waals surface area contributed by atoms with Gasteiger partial charge in [0.1, 0.15) is 17.1 Å². The molecular formula is C24H28ClN5O5S. The lowest BCUT2D eigenvalue weighted by atomic mass is 9.93. The van der Waals surface area contributed by atoms with E-state index in [9.17, 15) is 18.5 Å². The Balaban J connectivity index is 1.45. The van der Waals surface area contributed by atoms with Gasteiger partial charge in [0.2, 0.25) is 0 Å². The van der Waals surface area contributed by atoms with Gasteiger partial charge >= 0.3 is 6.09 Å². The number of carbonyl (C=O) groups excluding carboxylic acids is 1. The molecule has 2 atom stereocenters. The summed E-state index contributed by atoms with van der Waals surface area (Å²) in [5.41, 5.74) is -0.0987. The van der Waals surface area contributed by atoms with Crippen molar-refractivity contribution in [2.45, 2.75) is 73.4 Å². The molecule has 2 aromatic rings. The van der Waals surface area contributed by atoms with E-state index in [4.69, 9.17) is 21.1 Å². The molecule has 0 bridgehead atoms. The predicted molar refractivity (Wildman–Crippen MR) is 132 cm³/mol. The van der Waals surface area contributed by atoms with Gasteiger partial charge in [0.05, 0.1) is 40.1 Å². The van der Waals surface area contributed by atoms with Gasteiger partial charge in [0.25, 0.3) is 0 Å². The molecule has 2 aliphatic carbocycles. The van der Waals surface area contributed by atoms with E-state index in [-0.39, 0.29) is 28.9 Å². The lowest BCUT2D eigenvalue weighted by Gasteiger charge is -2.32. The third-order valence-corrected chi connectivity index (χ3v) is 9.81. The van der Waals surface area contributed by atoms with Crippen molar-refractivity contribution in [1.82, 2.24) is 15.1 Å². The highest BCUT2D eigenvalue weighted by atomic mass is 35.5. The zero-order chi connectivity index (χ0) is 25.7. The van der Waals surface area contributed by atoms with Crippen molar-refractivity contribution < 1.29 is 22.7 Å². The van der Waals surface area contributed by atoms with Gasteiger partial charge in [0, 0.05) is 25.1 Å². The Bertz CT molecular complexity index is 1330. The molecule has 1 saturated heterocycles. The van der Waals surface area contributed by atoms with Crippen LogP contribution in [0.4, 0.5) is 10.6 Å². The molecule has 1 amide bonds. The number of alkyl carbamates (subject to hydrolysis) is 1. The van der Waals surface area contributed by atoms with Gasteiger partial charge in [-0.1, -0.05) is 11.6 Å². The van der Waals surface area contributed by atoms with Gasteiger partial charge in [-0.15, -0.1) is 0 Å². The Morgan fingerprint density at radius 1 is 1.31 bits per heavy atom. The first-order valence-electron chi connectivity index (χ1n) is 12.0. The van der Waals surface area contributed by atoms with Gasteiger partial charge in [-0.3, -0.25) is 0 Å². The van der Waals surface area contributed by atoms with Crippen molar-refractivity contribution in [3.8, 4) is 11.8 Å². The first kappa shape index (κ1) is 24.7. The fourth-order valence-electron chi connectivity index (χ4n) is 4.72. The van der Waals surface area contributed by atoms with Crippen LogP contribution in [0.3, 0.4) is 0 Å². The van der Waals surface area contributed by atoms with Crippen LogP contribution in [0, 0.1) is 18.3 Å². The van der Waals surface area contributed by atoms with Gasteiger partial charge in [-0.25, -0.2) is 17.9 Å². The van der Waals surface area contributed by atoms with E-state index < -0.39 is 32.9 Å². The number of methoxy groups -OCH3 is 1. The van der Waals surface area contributed by atoms with Crippen LogP contribution in [-0.4, -0.2) is 55.0 Å². The predicted octanol–water partition coefficient (Wildman–Crippen LogP) is 3.74. The average molecular weight is 534 g/mol. The van der Waals surface area contributed by atoms with E-state index in [1.54, 1.807) is 11.0 Å². The van der Waals surface area contributed by atoms with Crippen molar-refractivity contribution in [2.24, 2.45) is 0 Å². The number of nitrogens with zero attached hydrogens (tertiary/aromatic N) is 4. The number of hydrogen-bond donors (Lipinski definition) is 1. The molecule has 10 nitrogen and oxygen atoms in total. The summed E-state index contributed by atoms with van der Waals surface area (Å²) >= 11 is 6.32. The van der Waals surface area contributed by atoms with Crippen LogP contribution < -0.4 is 15.0 Å². The Hall–Kier alpha value is -2.97. The highest BCUT2D eigenvalue weighted by molar-refractivity contribution is 7.92. The standard InChI is InChI=1S/C24H28ClN5O5S/c1-15-10-21(30(28-15)16-4-3-5-16)29-13-18(12-22(29)35-23(31)27-24(14-26)8-9-24)36(32,33)20-7-6-17(34-2)11-19(20)25/h6-7,10-11,16,18,22H,3-5,8-9,12-13H2,1-2H3,(H,27,31)/t18-,22+/m1/s1. The summed E-state index contributed by atoms with van der Waals surface area (Å²) < 4.78 is 40.1. The minimum absolute atomic E-state index is 0.00473. The monoisotopic (exact) mass is 533 g/mol. The van der Waals surface area contributed by atoms with E-state index >= 15 is 0 Å². The molecular weight excluding hydrogens is 506 g/mol. The maximum absolute atomic E-state index is 13.7. The Morgan fingerprint density at radius 2 is 2.06 bits per heavy atom. The summed E-state index contributed by atoms with van der Waals surface area (Å²) in [6, 6.07) is 8.68. The molecule has 1 N–H and O–H groups in total. The molecule has 0 radical (unpaired) electrons. The third kappa shape index (κ3) is 4.48. The minimum Gasteiger partial charge on any atom is -0.497 e. The Morgan fingerprint density at radius 3 is 2.64 bits per heavy atom. The van der Waals surface area contributed by atoms with Crippen LogP contribution in [0.25, 0.3) is 0 Å². The molecule has 0 unspecified atom stereocenters. The van der Waals surface area contributed by atoms with Crippen molar-refractivity contribution in [3.63, 3.8) is 0 Å². The number of hydrogen-bond acceptors (Lipinski definition) is 8. The van der Waals surface area contributed by atoms with Gasteiger partial charge in [-0.2, -0.15) is 10.4 Å². The van der Waals surface area contributed by atoms with Gasteiger partial charge in [-0.05, 0) is 51.2 Å². The van der Waals surface area contributed by atoms with Crippen molar-refractivity contribution in [1.29, 1.82) is 5.26 Å². The lowest BCUT2D eigenvalue weighted by Crippen LogP contribution is -2.42. The number of aromatic nitrogens is 2. The number of rotatable bonds is 7. The number of carbonyl (C=O) groups is 1. The molecule has 2 saturated carbocycles. The number of nitriles is 1. The topological polar surface area (TPSA) is 127 Å². The fourth-order valence-corrected chi connectivity index (χ4v) is 6.93. The molecule has 3 aliphatic rings. The Kier molecular flexibility index (Phi) is 6.29. The number of anilines is 1. The third-order valence-electron chi connectivity index (χ3n) is 7.20. The van der Waals surface area contributed by atoms with E-state index in [0.717, 1.165) is 30.8 Å². The number of benzene rings is 1. The maximum Gasteiger partial charge on any atom is 0.410 e. The van der Waals surface area contributed by atoms with Gasteiger partial charge < -0.3 is 19.7 Å². The van der Waals surface area contributed by atoms with Crippen molar-refractivity contribution >= 4 is 33.3 Å². The van der Waals surface area contributed by atoms with Crippen LogP contribution in [0.15, 0.2) is 29.2 Å². The first-order chi connectivity index (χ1) is 17.2. The number of sulfone groups is 1. The second kappa shape index (κ2) is 9.16. The molecule has 1 aromatic carbocycles. The molecule has 192 valence electrons. The number of ether oxygens (including phenoxy) is 2. The summed E-state index contributed by atoms with van der Waals surface area (Å²) in [6.07, 6.45) is 2.66. The van der Waals surface area contributed by atoms with Crippen LogP contribution in [0.5, 0.6) is 5.75 Å². The van der Waals surface area contributed by atoms with Crippen molar-refractivity contribution in [3.05, 3.63) is 35.0 Å². The van der Waals surface area contributed by atoms with Gasteiger partial charge in [0.15, 0.2) is 16.1 Å². The Labute approximate surface area is 215 Å². The van der Waals surface area contributed by atoms with E-state index in [0.29, 0.717) is 18.6 Å². The van der Waals surface area contributed by atoms with E-state index in [1.807, 2.05) is 17.7 Å². The molecule has 12 heteroatoms. The van der Waals surface area contributed by atoms with Crippen LogP contribution >= 0.6 is 11.6 Å². The van der Waals surface area contributed by atoms with E-state index in [1.165, 1.54) is 19.2 Å². The molecule has 5 rings (SSSR count). The van der Waals surface area contributed by atoms with Crippen LogP contribution in [-0.2, 0) is 14.6 Å². The number of aryl methyl sites for hydroxylation is 1. The van der Waals surface area contributed by atoms with E-state index in [2.05, 4.69) is 16.5 Å². The summed E-state index contributed by atoms with van der Waals surface area (Å²) in [6.45, 7) is 1.98. The maximum atomic E-state index is 13.7. The second-order valence-electron chi connectivity index (χ2n) is 9.70. The fraction of sp³-hybridized carbons (Fsp3) is 0.542. The summed E-state index contributed by atoms with van der Waals surface area (Å²) in [7, 11) is -2.39. The van der Waals surface area contributed by atoms with Crippen molar-refractivity contribution in [2.75, 3.05) is 18.6 Å². The smallest absolute Gasteiger partial charge is 0.410 e. The molecule has 1 aliphatic heterocycles. The number of halogens is 1. The normalized spacial score (nSPS) is 23.0. The quantitative estimate of drug-likeness (QED) is 0.570. The zero-order valence-electron chi connectivity index (χ0n) is 20.1. The molecule has 2 heterocycles. The zero-order valence-corrected chi connectivity index (χ0v) is 21.7. The highest BCUT2D eigenvalue weighted by Crippen LogP contribution is 2.40. The molecule has 1 aromatic heterocycles. The molecule has 0 spiro atoms. The SMILES string of the molecule is COc1ccc(S(=O)(=O)[C@@H]2C[C@H](OC(=O)NC3(C#N)CC3)N(c3cc(C)nn3C3CCC3)C2)c(Cl)c1. The average Bonchev–Trinajstić information content (AvgIpc) is 3.28. The summed E-state index contributed by atoms with van der Waals surface area (Å²) in [5.74, 6) is 1.17. The molecule has 3 fully saturated rings. The van der Waals surface area contributed by atoms with Crippen LogP contribution in [0.1, 0.15) is 50.3 Å². The minimum atomic E-state index is -3.87. The lowest BCUT2D eigenvalue weighted by molar-refractivity contribution is 0.0990. The number of amides is 1. The highest BCUT2D eigenvalue weighted by Gasteiger charge is 2.48. The molecule has 36 heavy (non-hydrogen) atoms.